The predicted molar refractivity (Wildman–Crippen MR) is 68.8 cm³/mol. The average molecular weight is 272 g/mol. The Labute approximate surface area is 111 Å². The first-order valence-electron chi connectivity index (χ1n) is 6.58. The van der Waals surface area contributed by atoms with E-state index >= 15 is 0 Å². The molecule has 0 aromatic heterocycles. The van der Waals surface area contributed by atoms with Crippen LogP contribution < -0.4 is 5.32 Å². The van der Waals surface area contributed by atoms with Crippen molar-refractivity contribution in [1.82, 2.24) is 10.2 Å². The Kier molecular flexibility index (Phi) is 4.47. The molecule has 106 valence electrons. The van der Waals surface area contributed by atoms with E-state index in [1.54, 1.807) is 12.1 Å². The largest absolute Gasteiger partial charge is 0.416 e. The second kappa shape index (κ2) is 5.92. The van der Waals surface area contributed by atoms with Crippen LogP contribution in [0.3, 0.4) is 0 Å². The highest BCUT2D eigenvalue weighted by Gasteiger charge is 2.30. The second-order valence-electron chi connectivity index (χ2n) is 5.05. The molecule has 2 rings (SSSR count). The smallest absolute Gasteiger partial charge is 0.315 e. The lowest BCUT2D eigenvalue weighted by Crippen LogP contribution is -2.33. The van der Waals surface area contributed by atoms with Crippen molar-refractivity contribution in [3.8, 4) is 0 Å². The van der Waals surface area contributed by atoms with E-state index in [1.807, 2.05) is 0 Å². The van der Waals surface area contributed by atoms with Crippen LogP contribution in [-0.2, 0) is 12.7 Å². The van der Waals surface area contributed by atoms with E-state index in [2.05, 4.69) is 17.1 Å². The van der Waals surface area contributed by atoms with Crippen molar-refractivity contribution in [3.05, 3.63) is 35.4 Å². The molecule has 0 amide bonds. The first-order valence-corrected chi connectivity index (χ1v) is 6.58. The van der Waals surface area contributed by atoms with Crippen LogP contribution in [-0.4, -0.2) is 30.6 Å². The highest BCUT2D eigenvalue weighted by atomic mass is 19.4. The van der Waals surface area contributed by atoms with Crippen LogP contribution in [0.4, 0.5) is 13.2 Å². The van der Waals surface area contributed by atoms with Crippen molar-refractivity contribution in [2.75, 3.05) is 19.6 Å². The lowest BCUT2D eigenvalue weighted by atomic mass is 10.1. The van der Waals surface area contributed by atoms with Gasteiger partial charge in [0.15, 0.2) is 0 Å². The van der Waals surface area contributed by atoms with Gasteiger partial charge in [-0.2, -0.15) is 13.2 Å². The lowest BCUT2D eigenvalue weighted by molar-refractivity contribution is -0.137. The number of nitrogens with zero attached hydrogens (tertiary/aromatic N) is 1. The number of benzene rings is 1. The summed E-state index contributed by atoms with van der Waals surface area (Å²) in [5, 5.41) is 3.33. The van der Waals surface area contributed by atoms with Crippen molar-refractivity contribution in [2.24, 2.45) is 0 Å². The van der Waals surface area contributed by atoms with E-state index in [0.717, 1.165) is 43.8 Å². The minimum Gasteiger partial charge on any atom is -0.315 e. The number of halogens is 3. The Hall–Kier alpha value is -1.07. The van der Waals surface area contributed by atoms with Crippen molar-refractivity contribution in [3.63, 3.8) is 0 Å². The SMILES string of the molecule is CC1CCNCCN1Cc1ccc(C(F)(F)F)cc1. The van der Waals surface area contributed by atoms with E-state index in [0.29, 0.717) is 12.6 Å². The zero-order valence-corrected chi connectivity index (χ0v) is 11.0. The lowest BCUT2D eigenvalue weighted by Gasteiger charge is -2.26. The summed E-state index contributed by atoms with van der Waals surface area (Å²) in [4.78, 5) is 2.31. The average Bonchev–Trinajstić information content (AvgIpc) is 2.55. The Bertz CT molecular complexity index is 400. The molecule has 1 aromatic rings. The highest BCUT2D eigenvalue weighted by molar-refractivity contribution is 5.24. The molecule has 1 heterocycles. The first kappa shape index (κ1) is 14.3. The van der Waals surface area contributed by atoms with Crippen molar-refractivity contribution in [2.45, 2.75) is 32.1 Å². The summed E-state index contributed by atoms with van der Waals surface area (Å²) in [5.41, 5.74) is 0.351. The highest BCUT2D eigenvalue weighted by Crippen LogP contribution is 2.29. The molecule has 1 atom stereocenters. The summed E-state index contributed by atoms with van der Waals surface area (Å²) in [5.74, 6) is 0. The first-order chi connectivity index (χ1) is 8.97. The summed E-state index contributed by atoms with van der Waals surface area (Å²) >= 11 is 0. The van der Waals surface area contributed by atoms with E-state index < -0.39 is 11.7 Å². The Morgan fingerprint density at radius 2 is 1.89 bits per heavy atom. The van der Waals surface area contributed by atoms with E-state index in [4.69, 9.17) is 0 Å². The molecule has 19 heavy (non-hydrogen) atoms. The number of hydrogen-bond acceptors (Lipinski definition) is 2. The molecule has 5 heteroatoms. The molecule has 1 aliphatic rings. The van der Waals surface area contributed by atoms with Gasteiger partial charge in [-0.05, 0) is 37.6 Å². The van der Waals surface area contributed by atoms with Crippen molar-refractivity contribution in [1.29, 1.82) is 0 Å². The van der Waals surface area contributed by atoms with Crippen LogP contribution in [0.25, 0.3) is 0 Å². The molecular weight excluding hydrogens is 253 g/mol. The number of hydrogen-bond donors (Lipinski definition) is 1. The number of alkyl halides is 3. The van der Waals surface area contributed by atoms with Crippen LogP contribution in [0.1, 0.15) is 24.5 Å². The summed E-state index contributed by atoms with van der Waals surface area (Å²) in [7, 11) is 0. The Morgan fingerprint density at radius 3 is 2.53 bits per heavy atom. The molecule has 1 aromatic carbocycles. The fourth-order valence-corrected chi connectivity index (χ4v) is 2.33. The van der Waals surface area contributed by atoms with Gasteiger partial charge in [0.1, 0.15) is 0 Å². The molecule has 2 nitrogen and oxygen atoms in total. The van der Waals surface area contributed by atoms with Gasteiger partial charge >= 0.3 is 6.18 Å². The van der Waals surface area contributed by atoms with Crippen LogP contribution in [0.2, 0.25) is 0 Å². The third-order valence-corrected chi connectivity index (χ3v) is 3.60. The molecule has 0 bridgehead atoms. The molecule has 1 saturated heterocycles. The van der Waals surface area contributed by atoms with Gasteiger partial charge in [0.2, 0.25) is 0 Å². The Balaban J connectivity index is 2.02. The third-order valence-electron chi connectivity index (χ3n) is 3.60. The van der Waals surface area contributed by atoms with Crippen LogP contribution in [0, 0.1) is 0 Å². The maximum absolute atomic E-state index is 12.5. The summed E-state index contributed by atoms with van der Waals surface area (Å²) in [6.45, 7) is 5.75. The summed E-state index contributed by atoms with van der Waals surface area (Å²) < 4.78 is 37.4. The van der Waals surface area contributed by atoms with Gasteiger partial charge in [-0.1, -0.05) is 12.1 Å². The molecule has 1 unspecified atom stereocenters. The van der Waals surface area contributed by atoms with Gasteiger partial charge in [0.05, 0.1) is 5.56 Å². The van der Waals surface area contributed by atoms with Crippen LogP contribution in [0.5, 0.6) is 0 Å². The summed E-state index contributed by atoms with van der Waals surface area (Å²) in [6, 6.07) is 5.94. The molecular formula is C14H19F3N2. The molecule has 0 saturated carbocycles. The normalized spacial score (nSPS) is 22.2. The summed E-state index contributed by atoms with van der Waals surface area (Å²) in [6.07, 6.45) is -3.18. The van der Waals surface area contributed by atoms with E-state index in [9.17, 15) is 13.2 Å². The number of rotatable bonds is 2. The molecule has 0 aliphatic carbocycles. The quantitative estimate of drug-likeness (QED) is 0.890. The zero-order chi connectivity index (χ0) is 13.9. The van der Waals surface area contributed by atoms with Gasteiger partial charge in [0, 0.05) is 25.7 Å². The monoisotopic (exact) mass is 272 g/mol. The van der Waals surface area contributed by atoms with E-state index in [1.165, 1.54) is 0 Å². The van der Waals surface area contributed by atoms with Gasteiger partial charge < -0.3 is 5.32 Å². The minimum absolute atomic E-state index is 0.456. The second-order valence-corrected chi connectivity index (χ2v) is 5.05. The van der Waals surface area contributed by atoms with Crippen LogP contribution >= 0.6 is 0 Å². The van der Waals surface area contributed by atoms with Gasteiger partial charge in [-0.25, -0.2) is 0 Å². The number of nitrogens with one attached hydrogen (secondary N) is 1. The predicted octanol–water partition coefficient (Wildman–Crippen LogP) is 2.89. The Morgan fingerprint density at radius 1 is 1.21 bits per heavy atom. The fraction of sp³-hybridized carbons (Fsp3) is 0.571. The topological polar surface area (TPSA) is 15.3 Å². The fourth-order valence-electron chi connectivity index (χ4n) is 2.33. The zero-order valence-electron chi connectivity index (χ0n) is 11.0. The van der Waals surface area contributed by atoms with Gasteiger partial charge in [0.25, 0.3) is 0 Å². The molecule has 1 N–H and O–H groups in total. The molecule has 1 fully saturated rings. The van der Waals surface area contributed by atoms with E-state index in [-0.39, 0.29) is 0 Å². The van der Waals surface area contributed by atoms with Gasteiger partial charge in [-0.3, -0.25) is 4.90 Å². The molecule has 0 spiro atoms. The van der Waals surface area contributed by atoms with Crippen molar-refractivity contribution >= 4 is 0 Å². The van der Waals surface area contributed by atoms with Gasteiger partial charge in [-0.15, -0.1) is 0 Å². The maximum atomic E-state index is 12.5. The molecule has 1 aliphatic heterocycles. The third kappa shape index (κ3) is 3.94. The maximum Gasteiger partial charge on any atom is 0.416 e. The van der Waals surface area contributed by atoms with Crippen LogP contribution in [0.15, 0.2) is 24.3 Å². The molecule has 0 radical (unpaired) electrons. The standard InChI is InChI=1S/C14H19F3N2/c1-11-6-7-18-8-9-19(11)10-12-2-4-13(5-3-12)14(15,16)17/h2-5,11,18H,6-10H2,1H3. The minimum atomic E-state index is -4.25. The van der Waals surface area contributed by atoms with Crippen molar-refractivity contribution < 1.29 is 13.2 Å².